The van der Waals surface area contributed by atoms with E-state index in [1.165, 1.54) is 16.1 Å². The smallest absolute Gasteiger partial charge is 0.342 e. The molecule has 9 heteroatoms. The summed E-state index contributed by atoms with van der Waals surface area (Å²) in [4.78, 5) is 38.7. The van der Waals surface area contributed by atoms with E-state index in [1.807, 2.05) is 36.5 Å². The first-order valence-corrected chi connectivity index (χ1v) is 11.0. The van der Waals surface area contributed by atoms with Crippen molar-refractivity contribution in [1.82, 2.24) is 24.8 Å². The predicted molar refractivity (Wildman–Crippen MR) is 117 cm³/mol. The van der Waals surface area contributed by atoms with Crippen molar-refractivity contribution < 1.29 is 18.8 Å². The molecule has 0 saturated carbocycles. The molecule has 0 atom stereocenters. The Morgan fingerprint density at radius 2 is 1.85 bits per heavy atom. The first kappa shape index (κ1) is 19.9. The summed E-state index contributed by atoms with van der Waals surface area (Å²) in [5.41, 5.74) is 3.63. The predicted octanol–water partition coefficient (Wildman–Crippen LogP) is 2.65. The number of fused-ring (bicyclic) bond motifs is 2. The minimum atomic E-state index is -0.556. The minimum Gasteiger partial charge on any atom is -0.342 e. The van der Waals surface area contributed by atoms with Crippen LogP contribution in [-0.4, -0.2) is 57.0 Å². The number of carbonyl (C=O) groups excluding carboxylic acids is 3. The lowest BCUT2D eigenvalue weighted by molar-refractivity contribution is -0.123. The molecule has 0 unspecified atom stereocenters. The zero-order chi connectivity index (χ0) is 22.7. The molecular weight excluding hydrogens is 425 g/mol. The van der Waals surface area contributed by atoms with Crippen molar-refractivity contribution in [2.75, 3.05) is 19.6 Å². The molecule has 4 amide bonds. The summed E-state index contributed by atoms with van der Waals surface area (Å²) in [6.45, 7) is 3.08. The first-order chi connectivity index (χ1) is 16.0. The van der Waals surface area contributed by atoms with Crippen molar-refractivity contribution in [3.05, 3.63) is 71.2 Å². The van der Waals surface area contributed by atoms with Crippen LogP contribution in [0.2, 0.25) is 0 Å². The highest BCUT2D eigenvalue weighted by molar-refractivity contribution is 6.01. The number of carbonyl (C=O) groups is 3. The van der Waals surface area contributed by atoms with E-state index in [1.54, 1.807) is 6.07 Å². The third-order valence-electron chi connectivity index (χ3n) is 6.70. The van der Waals surface area contributed by atoms with Gasteiger partial charge in [-0.2, -0.15) is 0 Å². The average molecular weight is 447 g/mol. The first-order valence-electron chi connectivity index (χ1n) is 11.0. The second kappa shape index (κ2) is 7.41. The van der Waals surface area contributed by atoms with E-state index in [0.29, 0.717) is 18.2 Å². The summed E-state index contributed by atoms with van der Waals surface area (Å²) >= 11 is 0. The fourth-order valence-corrected chi connectivity index (χ4v) is 5.00. The molecule has 1 N–H and O–H groups in total. The fraction of sp³-hybridized carbons (Fsp3) is 0.292. The molecule has 3 aliphatic heterocycles. The molecule has 0 spiro atoms. The Labute approximate surface area is 189 Å². The van der Waals surface area contributed by atoms with E-state index in [9.17, 15) is 18.8 Å². The van der Waals surface area contributed by atoms with Crippen LogP contribution in [0.5, 0.6) is 0 Å². The van der Waals surface area contributed by atoms with Gasteiger partial charge in [0.1, 0.15) is 5.82 Å². The number of rotatable bonds is 4. The molecule has 3 aliphatic rings. The van der Waals surface area contributed by atoms with E-state index in [2.05, 4.69) is 14.8 Å². The van der Waals surface area contributed by atoms with E-state index in [4.69, 9.17) is 0 Å². The van der Waals surface area contributed by atoms with Crippen LogP contribution in [0.3, 0.4) is 0 Å². The van der Waals surface area contributed by atoms with Crippen molar-refractivity contribution in [3.8, 4) is 0 Å². The molecule has 0 aliphatic carbocycles. The Kier molecular flexibility index (Phi) is 4.48. The number of benzene rings is 2. The maximum atomic E-state index is 13.5. The van der Waals surface area contributed by atoms with Gasteiger partial charge in [-0.25, -0.2) is 19.2 Å². The molecule has 2 fully saturated rings. The molecule has 33 heavy (non-hydrogen) atoms. The van der Waals surface area contributed by atoms with Crippen molar-refractivity contribution in [2.24, 2.45) is 0 Å². The lowest BCUT2D eigenvalue weighted by Crippen LogP contribution is -2.56. The Hall–Kier alpha value is -3.72. The highest BCUT2D eigenvalue weighted by Crippen LogP contribution is 2.30. The van der Waals surface area contributed by atoms with Gasteiger partial charge >= 0.3 is 6.03 Å². The lowest BCUT2D eigenvalue weighted by atomic mass is 10.0. The van der Waals surface area contributed by atoms with E-state index < -0.39 is 6.03 Å². The van der Waals surface area contributed by atoms with Gasteiger partial charge in [0.05, 0.1) is 19.1 Å². The molecule has 6 rings (SSSR count). The molecule has 2 aromatic carbocycles. The van der Waals surface area contributed by atoms with Crippen molar-refractivity contribution >= 4 is 28.7 Å². The van der Waals surface area contributed by atoms with Gasteiger partial charge in [-0.05, 0) is 41.5 Å². The quantitative estimate of drug-likeness (QED) is 0.667. The number of amides is 4. The number of hydrogen-bond donors (Lipinski definition) is 1. The van der Waals surface area contributed by atoms with Gasteiger partial charge in [0.15, 0.2) is 0 Å². The lowest BCUT2D eigenvalue weighted by Gasteiger charge is -2.40. The monoisotopic (exact) mass is 447 g/mol. The Balaban J connectivity index is 1.12. The number of urea groups is 1. The number of likely N-dealkylation sites (tertiary alicyclic amines) is 1. The third-order valence-corrected chi connectivity index (χ3v) is 6.70. The molecule has 0 radical (unpaired) electrons. The van der Waals surface area contributed by atoms with E-state index in [-0.39, 0.29) is 30.6 Å². The van der Waals surface area contributed by atoms with Gasteiger partial charge in [0.25, 0.3) is 5.91 Å². The SMILES string of the molecule is O=C1CCN(N2Cc3cc(CN4CC(n5ccc6cc(F)ccc65)C4)ccc3C2=O)C(=O)N1. The van der Waals surface area contributed by atoms with E-state index >= 15 is 0 Å². The molecule has 3 aromatic rings. The second-order valence-electron chi connectivity index (χ2n) is 8.85. The van der Waals surface area contributed by atoms with Gasteiger partial charge in [0.2, 0.25) is 5.91 Å². The van der Waals surface area contributed by atoms with Crippen LogP contribution in [0.25, 0.3) is 10.9 Å². The van der Waals surface area contributed by atoms with Gasteiger partial charge < -0.3 is 4.57 Å². The maximum Gasteiger partial charge on any atom is 0.342 e. The van der Waals surface area contributed by atoms with Crippen molar-refractivity contribution in [3.63, 3.8) is 0 Å². The van der Waals surface area contributed by atoms with Crippen molar-refractivity contribution in [1.29, 1.82) is 0 Å². The molecule has 8 nitrogen and oxygen atoms in total. The Morgan fingerprint density at radius 3 is 2.67 bits per heavy atom. The molecular formula is C24H22FN5O3. The molecule has 1 aromatic heterocycles. The van der Waals surface area contributed by atoms with Crippen LogP contribution < -0.4 is 5.32 Å². The van der Waals surface area contributed by atoms with Gasteiger partial charge in [-0.3, -0.25) is 19.8 Å². The maximum absolute atomic E-state index is 13.5. The van der Waals surface area contributed by atoms with Crippen molar-refractivity contribution in [2.45, 2.75) is 25.6 Å². The van der Waals surface area contributed by atoms with Gasteiger partial charge in [-0.1, -0.05) is 12.1 Å². The third kappa shape index (κ3) is 3.36. The highest BCUT2D eigenvalue weighted by Gasteiger charge is 2.37. The van der Waals surface area contributed by atoms with E-state index in [0.717, 1.165) is 41.7 Å². The van der Waals surface area contributed by atoms with Gasteiger partial charge in [0, 0.05) is 48.7 Å². The minimum absolute atomic E-state index is 0.179. The van der Waals surface area contributed by atoms with Gasteiger partial charge in [-0.15, -0.1) is 0 Å². The number of hydrogen-bond acceptors (Lipinski definition) is 4. The van der Waals surface area contributed by atoms with Crippen LogP contribution in [0.1, 0.15) is 33.9 Å². The number of aromatic nitrogens is 1. The fourth-order valence-electron chi connectivity index (χ4n) is 5.00. The number of nitrogens with one attached hydrogen (secondary N) is 1. The number of nitrogens with zero attached hydrogens (tertiary/aromatic N) is 4. The van der Waals surface area contributed by atoms with Crippen LogP contribution in [-0.2, 0) is 17.9 Å². The summed E-state index contributed by atoms with van der Waals surface area (Å²) in [6.07, 6.45) is 2.20. The zero-order valence-corrected chi connectivity index (χ0v) is 17.8. The standard InChI is InChI=1S/C24H22FN5O3/c25-18-2-4-21-16(10-18)5-7-28(21)19-13-27(14-19)11-15-1-3-20-17(9-15)12-30(23(20)32)29-8-6-22(31)26-24(29)33/h1-5,7,9-10,19H,6,8,11-14H2,(H,26,31,33). The largest absolute Gasteiger partial charge is 0.342 e. The number of imide groups is 1. The zero-order valence-electron chi connectivity index (χ0n) is 17.8. The summed E-state index contributed by atoms with van der Waals surface area (Å²) < 4.78 is 15.7. The Bertz CT molecular complexity index is 1310. The van der Waals surface area contributed by atoms with Crippen LogP contribution in [0, 0.1) is 5.82 Å². The Morgan fingerprint density at radius 1 is 1.00 bits per heavy atom. The second-order valence-corrected chi connectivity index (χ2v) is 8.85. The van der Waals surface area contributed by atoms with Crippen LogP contribution >= 0.6 is 0 Å². The average Bonchev–Trinajstić information content (AvgIpc) is 3.31. The number of halogens is 1. The normalized spacial score (nSPS) is 19.2. The van der Waals surface area contributed by atoms with Crippen LogP contribution in [0.15, 0.2) is 48.7 Å². The molecule has 0 bridgehead atoms. The summed E-state index contributed by atoms with van der Waals surface area (Å²) in [7, 11) is 0. The molecule has 4 heterocycles. The molecule has 168 valence electrons. The number of hydrazine groups is 1. The summed E-state index contributed by atoms with van der Waals surface area (Å²) in [5.74, 6) is -0.768. The molecule has 2 saturated heterocycles. The topological polar surface area (TPSA) is 77.9 Å². The summed E-state index contributed by atoms with van der Waals surface area (Å²) in [5, 5.41) is 5.90. The summed E-state index contributed by atoms with van der Waals surface area (Å²) in [6, 6.07) is 12.4. The highest BCUT2D eigenvalue weighted by atomic mass is 19.1. The van der Waals surface area contributed by atoms with Crippen LogP contribution in [0.4, 0.5) is 9.18 Å².